The molecule has 2 aromatic rings. The molecule has 0 saturated carbocycles. The van der Waals surface area contributed by atoms with Gasteiger partial charge in [-0.2, -0.15) is 0 Å². The van der Waals surface area contributed by atoms with Gasteiger partial charge in [0.15, 0.2) is 6.10 Å². The second-order valence-corrected chi connectivity index (χ2v) is 6.86. The standard InChI is InChI=1S/C18H17Br2NO4/c1-3-24-18(23)13-6-4-5-7-15(13)21-17(22)11(2)25-16-9-8-12(19)10-14(16)20/h4-11H,3H2,1-2H3,(H,21,22)/t11-/m1/s1. The number of hydrogen-bond acceptors (Lipinski definition) is 4. The Balaban J connectivity index is 2.10. The van der Waals surface area contributed by atoms with E-state index in [1.54, 1.807) is 44.2 Å². The lowest BCUT2D eigenvalue weighted by Gasteiger charge is -2.17. The lowest BCUT2D eigenvalue weighted by atomic mass is 10.1. The molecule has 132 valence electrons. The summed E-state index contributed by atoms with van der Waals surface area (Å²) in [5.74, 6) is -0.307. The zero-order valence-corrected chi connectivity index (χ0v) is 16.9. The molecule has 0 saturated heterocycles. The number of amides is 1. The predicted molar refractivity (Wildman–Crippen MR) is 103 cm³/mol. The number of ether oxygens (including phenoxy) is 2. The van der Waals surface area contributed by atoms with Crippen molar-refractivity contribution in [3.63, 3.8) is 0 Å². The van der Waals surface area contributed by atoms with Crippen LogP contribution in [0.15, 0.2) is 51.4 Å². The molecule has 7 heteroatoms. The zero-order chi connectivity index (χ0) is 18.4. The van der Waals surface area contributed by atoms with Gasteiger partial charge in [0.25, 0.3) is 5.91 Å². The molecule has 0 aliphatic heterocycles. The highest BCUT2D eigenvalue weighted by Crippen LogP contribution is 2.29. The van der Waals surface area contributed by atoms with E-state index in [1.807, 2.05) is 12.1 Å². The van der Waals surface area contributed by atoms with E-state index >= 15 is 0 Å². The van der Waals surface area contributed by atoms with Crippen LogP contribution < -0.4 is 10.1 Å². The van der Waals surface area contributed by atoms with Crippen LogP contribution in [0.1, 0.15) is 24.2 Å². The molecular weight excluding hydrogens is 454 g/mol. The number of esters is 1. The zero-order valence-electron chi connectivity index (χ0n) is 13.7. The summed E-state index contributed by atoms with van der Waals surface area (Å²) in [6.07, 6.45) is -0.757. The second kappa shape index (κ2) is 9.01. The van der Waals surface area contributed by atoms with E-state index in [0.29, 0.717) is 17.0 Å². The van der Waals surface area contributed by atoms with Crippen LogP contribution in [-0.2, 0) is 9.53 Å². The van der Waals surface area contributed by atoms with E-state index < -0.39 is 12.1 Å². The third-order valence-corrected chi connectivity index (χ3v) is 4.36. The lowest BCUT2D eigenvalue weighted by molar-refractivity contribution is -0.122. The Morgan fingerprint density at radius 2 is 1.88 bits per heavy atom. The molecule has 0 radical (unpaired) electrons. The van der Waals surface area contributed by atoms with Gasteiger partial charge in [-0.25, -0.2) is 4.79 Å². The minimum Gasteiger partial charge on any atom is -0.480 e. The fourth-order valence-electron chi connectivity index (χ4n) is 2.03. The first-order valence-corrected chi connectivity index (χ1v) is 9.19. The van der Waals surface area contributed by atoms with Crippen molar-refractivity contribution in [3.8, 4) is 5.75 Å². The number of benzene rings is 2. The molecule has 2 rings (SSSR count). The van der Waals surface area contributed by atoms with Crippen molar-refractivity contribution >= 4 is 49.4 Å². The van der Waals surface area contributed by atoms with Crippen LogP contribution in [0.4, 0.5) is 5.69 Å². The van der Waals surface area contributed by atoms with Crippen molar-refractivity contribution in [2.75, 3.05) is 11.9 Å². The first-order chi connectivity index (χ1) is 11.9. The summed E-state index contributed by atoms with van der Waals surface area (Å²) in [6, 6.07) is 12.1. The maximum Gasteiger partial charge on any atom is 0.340 e. The maximum absolute atomic E-state index is 12.4. The lowest BCUT2D eigenvalue weighted by Crippen LogP contribution is -2.31. The second-order valence-electron chi connectivity index (χ2n) is 5.09. The van der Waals surface area contributed by atoms with Crippen molar-refractivity contribution in [1.29, 1.82) is 0 Å². The smallest absolute Gasteiger partial charge is 0.340 e. The summed E-state index contributed by atoms with van der Waals surface area (Å²) in [5, 5.41) is 2.71. The molecule has 1 N–H and O–H groups in total. The van der Waals surface area contributed by atoms with Gasteiger partial charge < -0.3 is 14.8 Å². The van der Waals surface area contributed by atoms with Crippen molar-refractivity contribution in [1.82, 2.24) is 0 Å². The summed E-state index contributed by atoms with van der Waals surface area (Å²) >= 11 is 6.75. The van der Waals surface area contributed by atoms with Crippen molar-refractivity contribution < 1.29 is 19.1 Å². The molecule has 5 nitrogen and oxygen atoms in total. The molecule has 0 aliphatic carbocycles. The van der Waals surface area contributed by atoms with E-state index in [4.69, 9.17) is 9.47 Å². The largest absolute Gasteiger partial charge is 0.480 e. The van der Waals surface area contributed by atoms with Crippen molar-refractivity contribution in [2.45, 2.75) is 20.0 Å². The van der Waals surface area contributed by atoms with E-state index in [1.165, 1.54) is 0 Å². The van der Waals surface area contributed by atoms with Crippen LogP contribution in [0.2, 0.25) is 0 Å². The summed E-state index contributed by atoms with van der Waals surface area (Å²) in [7, 11) is 0. The Morgan fingerprint density at radius 1 is 1.16 bits per heavy atom. The molecule has 0 unspecified atom stereocenters. The molecule has 25 heavy (non-hydrogen) atoms. The molecule has 0 aromatic heterocycles. The summed E-state index contributed by atoms with van der Waals surface area (Å²) in [4.78, 5) is 24.4. The first kappa shape index (κ1) is 19.5. The first-order valence-electron chi connectivity index (χ1n) is 7.61. The molecular formula is C18H17Br2NO4. The monoisotopic (exact) mass is 469 g/mol. The van der Waals surface area contributed by atoms with Gasteiger partial charge in [0.05, 0.1) is 22.3 Å². The van der Waals surface area contributed by atoms with Gasteiger partial charge in [0, 0.05) is 4.47 Å². The number of halogens is 2. The highest BCUT2D eigenvalue weighted by Gasteiger charge is 2.19. The average Bonchev–Trinajstić information content (AvgIpc) is 2.58. The SMILES string of the molecule is CCOC(=O)c1ccccc1NC(=O)[C@@H](C)Oc1ccc(Br)cc1Br. The number of hydrogen-bond donors (Lipinski definition) is 1. The molecule has 2 aromatic carbocycles. The van der Waals surface area contributed by atoms with Gasteiger partial charge >= 0.3 is 5.97 Å². The van der Waals surface area contributed by atoms with Crippen LogP contribution in [0, 0.1) is 0 Å². The molecule has 0 bridgehead atoms. The van der Waals surface area contributed by atoms with Gasteiger partial charge in [0.1, 0.15) is 5.75 Å². The Hall–Kier alpha value is -1.86. The number of anilines is 1. The van der Waals surface area contributed by atoms with Crippen molar-refractivity contribution in [2.24, 2.45) is 0 Å². The van der Waals surface area contributed by atoms with Crippen molar-refractivity contribution in [3.05, 3.63) is 57.0 Å². The van der Waals surface area contributed by atoms with E-state index in [-0.39, 0.29) is 12.5 Å². The summed E-state index contributed by atoms with van der Waals surface area (Å²) in [6.45, 7) is 3.63. The van der Waals surface area contributed by atoms with Gasteiger partial charge in [-0.1, -0.05) is 28.1 Å². The van der Waals surface area contributed by atoms with Crippen LogP contribution >= 0.6 is 31.9 Å². The molecule has 1 atom stereocenters. The number of carbonyl (C=O) groups excluding carboxylic acids is 2. The molecule has 1 amide bonds. The van der Waals surface area contributed by atoms with Gasteiger partial charge in [-0.3, -0.25) is 4.79 Å². The highest BCUT2D eigenvalue weighted by atomic mass is 79.9. The van der Waals surface area contributed by atoms with Crippen LogP contribution in [-0.4, -0.2) is 24.6 Å². The maximum atomic E-state index is 12.4. The Morgan fingerprint density at radius 3 is 2.56 bits per heavy atom. The van der Waals surface area contributed by atoms with E-state index in [2.05, 4.69) is 37.2 Å². The minimum absolute atomic E-state index is 0.262. The molecule has 0 aliphatic rings. The number of carbonyl (C=O) groups is 2. The van der Waals surface area contributed by atoms with E-state index in [0.717, 1.165) is 8.95 Å². The quantitative estimate of drug-likeness (QED) is 0.616. The average molecular weight is 471 g/mol. The Bertz CT molecular complexity index is 779. The Labute approximate surface area is 163 Å². The van der Waals surface area contributed by atoms with E-state index in [9.17, 15) is 9.59 Å². The van der Waals surface area contributed by atoms with Gasteiger partial charge in [-0.05, 0) is 60.1 Å². The number of para-hydroxylation sites is 1. The van der Waals surface area contributed by atoms with Gasteiger partial charge in [-0.15, -0.1) is 0 Å². The van der Waals surface area contributed by atoms with Crippen LogP contribution in [0.5, 0.6) is 5.75 Å². The minimum atomic E-state index is -0.757. The number of nitrogens with one attached hydrogen (secondary N) is 1. The summed E-state index contributed by atoms with van der Waals surface area (Å²) < 4.78 is 12.3. The third-order valence-electron chi connectivity index (χ3n) is 3.25. The summed E-state index contributed by atoms with van der Waals surface area (Å²) in [5.41, 5.74) is 0.686. The molecule has 0 fully saturated rings. The fourth-order valence-corrected chi connectivity index (χ4v) is 3.17. The molecule has 0 heterocycles. The molecule has 0 spiro atoms. The van der Waals surface area contributed by atoms with Gasteiger partial charge in [0.2, 0.25) is 0 Å². The normalized spacial score (nSPS) is 11.5. The topological polar surface area (TPSA) is 64.6 Å². The Kier molecular flexibility index (Phi) is 7.01. The third kappa shape index (κ3) is 5.31. The van der Waals surface area contributed by atoms with Crippen LogP contribution in [0.3, 0.4) is 0 Å². The fraction of sp³-hybridized carbons (Fsp3) is 0.222. The highest BCUT2D eigenvalue weighted by molar-refractivity contribution is 9.11. The van der Waals surface area contributed by atoms with Crippen LogP contribution in [0.25, 0.3) is 0 Å². The number of rotatable bonds is 6. The predicted octanol–water partition coefficient (Wildman–Crippen LogP) is 4.79.